The summed E-state index contributed by atoms with van der Waals surface area (Å²) in [4.78, 5) is 15.9. The second kappa shape index (κ2) is 4.12. The van der Waals surface area contributed by atoms with Crippen LogP contribution in [0.1, 0.15) is 37.9 Å². The SMILES string of the molecule is Cc1[nH]c2ccccc2c1C(C)(C)C(=O)NC1CC1. The molecule has 1 aliphatic carbocycles. The predicted molar refractivity (Wildman–Crippen MR) is 77.2 cm³/mol. The van der Waals surface area contributed by atoms with E-state index in [2.05, 4.69) is 22.4 Å². The van der Waals surface area contributed by atoms with Gasteiger partial charge in [-0.2, -0.15) is 0 Å². The lowest BCUT2D eigenvalue weighted by Gasteiger charge is -2.24. The molecule has 0 atom stereocenters. The highest BCUT2D eigenvalue weighted by molar-refractivity contribution is 5.95. The summed E-state index contributed by atoms with van der Waals surface area (Å²) in [7, 11) is 0. The lowest BCUT2D eigenvalue weighted by molar-refractivity contribution is -0.125. The van der Waals surface area contributed by atoms with Crippen LogP contribution in [0.25, 0.3) is 10.9 Å². The Kier molecular flexibility index (Phi) is 2.66. The zero-order chi connectivity index (χ0) is 13.6. The van der Waals surface area contributed by atoms with E-state index in [4.69, 9.17) is 0 Å². The summed E-state index contributed by atoms with van der Waals surface area (Å²) in [5.74, 6) is 0.128. The van der Waals surface area contributed by atoms with E-state index in [0.29, 0.717) is 6.04 Å². The van der Waals surface area contributed by atoms with E-state index >= 15 is 0 Å². The molecule has 1 saturated carbocycles. The molecule has 0 saturated heterocycles. The van der Waals surface area contributed by atoms with E-state index in [1.54, 1.807) is 0 Å². The van der Waals surface area contributed by atoms with Crippen LogP contribution in [0, 0.1) is 6.92 Å². The predicted octanol–water partition coefficient (Wildman–Crippen LogP) is 3.03. The number of carbonyl (C=O) groups excluding carboxylic acids is 1. The highest BCUT2D eigenvalue weighted by atomic mass is 16.2. The molecule has 0 bridgehead atoms. The minimum absolute atomic E-state index is 0.128. The van der Waals surface area contributed by atoms with Crippen molar-refractivity contribution in [2.24, 2.45) is 0 Å². The Bertz CT molecular complexity index is 635. The van der Waals surface area contributed by atoms with Gasteiger partial charge in [0.1, 0.15) is 0 Å². The van der Waals surface area contributed by atoms with Gasteiger partial charge in [-0.1, -0.05) is 18.2 Å². The molecule has 19 heavy (non-hydrogen) atoms. The number of aromatic amines is 1. The van der Waals surface area contributed by atoms with Crippen LogP contribution in [-0.2, 0) is 10.2 Å². The number of aryl methyl sites for hydroxylation is 1. The first kappa shape index (κ1) is 12.3. The van der Waals surface area contributed by atoms with Crippen molar-refractivity contribution < 1.29 is 4.79 Å². The Labute approximate surface area is 113 Å². The topological polar surface area (TPSA) is 44.9 Å². The van der Waals surface area contributed by atoms with Crippen LogP contribution in [0.15, 0.2) is 24.3 Å². The second-order valence-electron chi connectivity index (χ2n) is 6.04. The van der Waals surface area contributed by atoms with Crippen LogP contribution >= 0.6 is 0 Å². The third-order valence-electron chi connectivity index (χ3n) is 4.00. The van der Waals surface area contributed by atoms with Crippen molar-refractivity contribution in [3.63, 3.8) is 0 Å². The largest absolute Gasteiger partial charge is 0.358 e. The number of fused-ring (bicyclic) bond motifs is 1. The van der Waals surface area contributed by atoms with Crippen LogP contribution in [0.5, 0.6) is 0 Å². The van der Waals surface area contributed by atoms with Crippen LogP contribution in [0.2, 0.25) is 0 Å². The summed E-state index contributed by atoms with van der Waals surface area (Å²) in [5.41, 5.74) is 2.78. The zero-order valence-electron chi connectivity index (χ0n) is 11.7. The van der Waals surface area contributed by atoms with Gasteiger partial charge in [-0.25, -0.2) is 0 Å². The van der Waals surface area contributed by atoms with Gasteiger partial charge in [0.15, 0.2) is 0 Å². The molecule has 0 spiro atoms. The van der Waals surface area contributed by atoms with Gasteiger partial charge < -0.3 is 10.3 Å². The van der Waals surface area contributed by atoms with Crippen molar-refractivity contribution in [3.8, 4) is 0 Å². The highest BCUT2D eigenvalue weighted by Gasteiger charge is 2.36. The first-order valence-corrected chi connectivity index (χ1v) is 6.89. The first-order chi connectivity index (χ1) is 9.00. The van der Waals surface area contributed by atoms with Gasteiger partial charge >= 0.3 is 0 Å². The Hall–Kier alpha value is -1.77. The van der Waals surface area contributed by atoms with Crippen molar-refractivity contribution in [1.82, 2.24) is 10.3 Å². The van der Waals surface area contributed by atoms with E-state index in [-0.39, 0.29) is 5.91 Å². The average Bonchev–Trinajstić information content (AvgIpc) is 3.08. The fourth-order valence-corrected chi connectivity index (χ4v) is 2.79. The standard InChI is InChI=1S/C16H20N2O/c1-10-14(12-6-4-5-7-13(12)17-10)16(2,3)15(19)18-11-8-9-11/h4-7,11,17H,8-9H2,1-3H3,(H,18,19). The number of aromatic nitrogens is 1. The molecule has 3 nitrogen and oxygen atoms in total. The maximum absolute atomic E-state index is 12.5. The van der Waals surface area contributed by atoms with Gasteiger partial charge in [-0.15, -0.1) is 0 Å². The summed E-state index contributed by atoms with van der Waals surface area (Å²) >= 11 is 0. The van der Waals surface area contributed by atoms with Crippen molar-refractivity contribution >= 4 is 16.8 Å². The lowest BCUT2D eigenvalue weighted by Crippen LogP contribution is -2.41. The van der Waals surface area contributed by atoms with Crippen LogP contribution in [0.3, 0.4) is 0 Å². The van der Waals surface area contributed by atoms with Crippen molar-refractivity contribution in [1.29, 1.82) is 0 Å². The quantitative estimate of drug-likeness (QED) is 0.871. The summed E-state index contributed by atoms with van der Waals surface area (Å²) in [6, 6.07) is 8.58. The molecule has 100 valence electrons. The highest BCUT2D eigenvalue weighted by Crippen LogP contribution is 2.34. The lowest BCUT2D eigenvalue weighted by atomic mass is 9.81. The molecule has 1 aliphatic rings. The van der Waals surface area contributed by atoms with E-state index in [1.807, 2.05) is 32.9 Å². The Morgan fingerprint density at radius 3 is 2.68 bits per heavy atom. The number of nitrogens with one attached hydrogen (secondary N) is 2. The summed E-state index contributed by atoms with van der Waals surface area (Å²) in [6.45, 7) is 6.06. The molecule has 1 fully saturated rings. The molecular weight excluding hydrogens is 236 g/mol. The fraction of sp³-hybridized carbons (Fsp3) is 0.438. The molecule has 3 heteroatoms. The molecule has 1 amide bonds. The van der Waals surface area contributed by atoms with E-state index < -0.39 is 5.41 Å². The number of benzene rings is 1. The smallest absolute Gasteiger partial charge is 0.230 e. The summed E-state index contributed by atoms with van der Waals surface area (Å²) in [6.07, 6.45) is 2.24. The molecule has 2 aromatic rings. The average molecular weight is 256 g/mol. The fourth-order valence-electron chi connectivity index (χ4n) is 2.79. The monoisotopic (exact) mass is 256 g/mol. The van der Waals surface area contributed by atoms with Gasteiger partial charge in [-0.3, -0.25) is 4.79 Å². The molecular formula is C16H20N2O. The number of para-hydroxylation sites is 1. The number of carbonyl (C=O) groups is 1. The van der Waals surface area contributed by atoms with Gasteiger partial charge in [0.25, 0.3) is 0 Å². The zero-order valence-corrected chi connectivity index (χ0v) is 11.7. The van der Waals surface area contributed by atoms with Crippen LogP contribution in [-0.4, -0.2) is 16.9 Å². The van der Waals surface area contributed by atoms with Gasteiger partial charge in [0, 0.05) is 22.6 Å². The molecule has 1 heterocycles. The van der Waals surface area contributed by atoms with Gasteiger partial charge in [0.05, 0.1) is 5.41 Å². The van der Waals surface area contributed by atoms with Gasteiger partial charge in [-0.05, 0) is 45.2 Å². The van der Waals surface area contributed by atoms with Crippen LogP contribution < -0.4 is 5.32 Å². The van der Waals surface area contributed by atoms with E-state index in [9.17, 15) is 4.79 Å². The Morgan fingerprint density at radius 1 is 1.32 bits per heavy atom. The molecule has 0 aliphatic heterocycles. The molecule has 1 aromatic heterocycles. The Balaban J connectivity index is 2.06. The molecule has 0 unspecified atom stereocenters. The molecule has 3 rings (SSSR count). The number of hydrogen-bond acceptors (Lipinski definition) is 1. The third-order valence-corrected chi connectivity index (χ3v) is 4.00. The summed E-state index contributed by atoms with van der Waals surface area (Å²) in [5, 5.41) is 4.27. The van der Waals surface area contributed by atoms with Crippen molar-refractivity contribution in [3.05, 3.63) is 35.5 Å². The number of H-pyrrole nitrogens is 1. The maximum Gasteiger partial charge on any atom is 0.230 e. The van der Waals surface area contributed by atoms with Crippen molar-refractivity contribution in [2.75, 3.05) is 0 Å². The minimum Gasteiger partial charge on any atom is -0.358 e. The van der Waals surface area contributed by atoms with Crippen molar-refractivity contribution in [2.45, 2.75) is 45.1 Å². The van der Waals surface area contributed by atoms with Crippen LogP contribution in [0.4, 0.5) is 0 Å². The molecule has 0 radical (unpaired) electrons. The Morgan fingerprint density at radius 2 is 2.00 bits per heavy atom. The molecule has 2 N–H and O–H groups in total. The summed E-state index contributed by atoms with van der Waals surface area (Å²) < 4.78 is 0. The normalized spacial score (nSPS) is 15.7. The number of amides is 1. The maximum atomic E-state index is 12.5. The van der Waals surface area contributed by atoms with E-state index in [1.165, 1.54) is 0 Å². The number of rotatable bonds is 3. The van der Waals surface area contributed by atoms with E-state index in [0.717, 1.165) is 35.0 Å². The number of hydrogen-bond donors (Lipinski definition) is 2. The molecule has 1 aromatic carbocycles. The van der Waals surface area contributed by atoms with Gasteiger partial charge in [0.2, 0.25) is 5.91 Å². The second-order valence-corrected chi connectivity index (χ2v) is 6.04. The third kappa shape index (κ3) is 2.03. The first-order valence-electron chi connectivity index (χ1n) is 6.89. The minimum atomic E-state index is -0.508.